The van der Waals surface area contributed by atoms with Crippen molar-refractivity contribution in [1.29, 1.82) is 0 Å². The zero-order chi connectivity index (χ0) is 12.6. The summed E-state index contributed by atoms with van der Waals surface area (Å²) in [7, 11) is 0. The van der Waals surface area contributed by atoms with Crippen LogP contribution in [0.1, 0.15) is 36.5 Å². The van der Waals surface area contributed by atoms with Gasteiger partial charge in [0.2, 0.25) is 5.89 Å². The zero-order valence-corrected chi connectivity index (χ0v) is 10.5. The van der Waals surface area contributed by atoms with Crippen molar-refractivity contribution in [3.8, 4) is 0 Å². The topological polar surface area (TPSA) is 46.3 Å². The monoisotopic (exact) mass is 243 g/mol. The molecule has 18 heavy (non-hydrogen) atoms. The normalized spacial score (nSPS) is 19.2. The highest BCUT2D eigenvalue weighted by Gasteiger charge is 2.46. The molecule has 0 amide bonds. The molecule has 0 aliphatic heterocycles. The molecule has 94 valence electrons. The summed E-state index contributed by atoms with van der Waals surface area (Å²) >= 11 is 0. The Balaban J connectivity index is 2.09. The van der Waals surface area contributed by atoms with Crippen LogP contribution >= 0.6 is 0 Å². The molecule has 1 fully saturated rings. The van der Waals surface area contributed by atoms with Gasteiger partial charge in [0.25, 0.3) is 0 Å². The highest BCUT2D eigenvalue weighted by molar-refractivity contribution is 5.30. The standard InChI is InChI=1S/C15H17NO2/c1-11-10-16-14(18-11)15(17,13-8-5-9-13)12-6-3-2-4-7-12/h2-4,6-7,10,13,17H,5,8-9H2,1H3. The summed E-state index contributed by atoms with van der Waals surface area (Å²) in [5.74, 6) is 1.37. The van der Waals surface area contributed by atoms with Crippen molar-refractivity contribution in [3.05, 3.63) is 53.7 Å². The lowest BCUT2D eigenvalue weighted by atomic mass is 9.69. The Morgan fingerprint density at radius 1 is 1.28 bits per heavy atom. The lowest BCUT2D eigenvalue weighted by molar-refractivity contribution is -0.0412. The molecule has 1 N–H and O–H groups in total. The van der Waals surface area contributed by atoms with Crippen LogP contribution in [0.5, 0.6) is 0 Å². The smallest absolute Gasteiger partial charge is 0.231 e. The molecule has 3 rings (SSSR count). The molecule has 3 heteroatoms. The first kappa shape index (κ1) is 11.5. The summed E-state index contributed by atoms with van der Waals surface area (Å²) in [6.45, 7) is 1.85. The third-order valence-electron chi connectivity index (χ3n) is 3.86. The molecule has 3 nitrogen and oxygen atoms in total. The van der Waals surface area contributed by atoms with Gasteiger partial charge in [-0.2, -0.15) is 0 Å². The van der Waals surface area contributed by atoms with Crippen LogP contribution in [0.3, 0.4) is 0 Å². The van der Waals surface area contributed by atoms with Crippen LogP contribution in [0.2, 0.25) is 0 Å². The average Bonchev–Trinajstić information content (AvgIpc) is 2.75. The maximum absolute atomic E-state index is 11.1. The second-order valence-corrected chi connectivity index (χ2v) is 5.04. The lowest BCUT2D eigenvalue weighted by Crippen LogP contribution is -2.40. The van der Waals surface area contributed by atoms with Crippen LogP contribution < -0.4 is 0 Å². The van der Waals surface area contributed by atoms with E-state index in [4.69, 9.17) is 4.42 Å². The molecule has 1 saturated carbocycles. The molecule has 0 radical (unpaired) electrons. The van der Waals surface area contributed by atoms with Gasteiger partial charge in [-0.25, -0.2) is 4.98 Å². The summed E-state index contributed by atoms with van der Waals surface area (Å²) < 4.78 is 5.60. The summed E-state index contributed by atoms with van der Waals surface area (Å²) in [6.07, 6.45) is 4.88. The maximum atomic E-state index is 11.1. The summed E-state index contributed by atoms with van der Waals surface area (Å²) in [5.41, 5.74) is -0.204. The van der Waals surface area contributed by atoms with E-state index in [1.165, 1.54) is 6.42 Å². The van der Waals surface area contributed by atoms with Crippen LogP contribution in [0.15, 0.2) is 40.9 Å². The molecule has 1 atom stereocenters. The number of rotatable bonds is 3. The van der Waals surface area contributed by atoms with Crippen molar-refractivity contribution in [3.63, 3.8) is 0 Å². The predicted octanol–water partition coefficient (Wildman–Crippen LogP) is 3.02. The number of hydrogen-bond donors (Lipinski definition) is 1. The quantitative estimate of drug-likeness (QED) is 0.901. The van der Waals surface area contributed by atoms with Gasteiger partial charge in [-0.3, -0.25) is 0 Å². The van der Waals surface area contributed by atoms with Gasteiger partial charge in [-0.15, -0.1) is 0 Å². The third kappa shape index (κ3) is 1.66. The van der Waals surface area contributed by atoms with Crippen LogP contribution in [0.4, 0.5) is 0 Å². The van der Waals surface area contributed by atoms with E-state index in [2.05, 4.69) is 4.98 Å². The van der Waals surface area contributed by atoms with E-state index in [-0.39, 0.29) is 5.92 Å². The summed E-state index contributed by atoms with van der Waals surface area (Å²) in [5, 5.41) is 11.1. The number of benzene rings is 1. The summed E-state index contributed by atoms with van der Waals surface area (Å²) in [4.78, 5) is 4.25. The van der Waals surface area contributed by atoms with Gasteiger partial charge in [-0.1, -0.05) is 36.8 Å². The number of nitrogens with zero attached hydrogens (tertiary/aromatic N) is 1. The van der Waals surface area contributed by atoms with Crippen molar-refractivity contribution in [2.24, 2.45) is 5.92 Å². The molecule has 1 heterocycles. The van der Waals surface area contributed by atoms with E-state index in [1.54, 1.807) is 6.20 Å². The SMILES string of the molecule is Cc1cnc(C(O)(c2ccccc2)C2CCC2)o1. The van der Waals surface area contributed by atoms with Gasteiger partial charge in [0, 0.05) is 5.92 Å². The van der Waals surface area contributed by atoms with E-state index < -0.39 is 5.60 Å². The molecule has 0 spiro atoms. The van der Waals surface area contributed by atoms with Crippen molar-refractivity contribution in [2.45, 2.75) is 31.8 Å². The van der Waals surface area contributed by atoms with Crippen LogP contribution in [0, 0.1) is 12.8 Å². The van der Waals surface area contributed by atoms with Crippen molar-refractivity contribution in [1.82, 2.24) is 4.98 Å². The largest absolute Gasteiger partial charge is 0.443 e. The minimum absolute atomic E-state index is 0.206. The van der Waals surface area contributed by atoms with Gasteiger partial charge in [0.15, 0.2) is 5.60 Å². The van der Waals surface area contributed by atoms with Gasteiger partial charge in [-0.05, 0) is 25.3 Å². The highest BCUT2D eigenvalue weighted by atomic mass is 16.4. The Morgan fingerprint density at radius 3 is 2.50 bits per heavy atom. The average molecular weight is 243 g/mol. The Bertz CT molecular complexity index is 530. The zero-order valence-electron chi connectivity index (χ0n) is 10.5. The Labute approximate surface area is 106 Å². The first-order chi connectivity index (χ1) is 8.71. The number of aromatic nitrogens is 1. The molecule has 0 bridgehead atoms. The fourth-order valence-corrected chi connectivity index (χ4v) is 2.58. The van der Waals surface area contributed by atoms with Gasteiger partial charge in [0.05, 0.1) is 6.20 Å². The minimum Gasteiger partial charge on any atom is -0.443 e. The van der Waals surface area contributed by atoms with Gasteiger partial charge in [0.1, 0.15) is 5.76 Å². The minimum atomic E-state index is -1.08. The predicted molar refractivity (Wildman–Crippen MR) is 68.0 cm³/mol. The van der Waals surface area contributed by atoms with E-state index >= 15 is 0 Å². The van der Waals surface area contributed by atoms with E-state index in [0.29, 0.717) is 5.89 Å². The van der Waals surface area contributed by atoms with Crippen LogP contribution in [0.25, 0.3) is 0 Å². The number of aliphatic hydroxyl groups is 1. The Morgan fingerprint density at radius 2 is 2.00 bits per heavy atom. The van der Waals surface area contributed by atoms with Crippen molar-refractivity contribution >= 4 is 0 Å². The third-order valence-corrected chi connectivity index (χ3v) is 3.86. The second kappa shape index (κ2) is 4.25. The molecule has 1 aromatic carbocycles. The Kier molecular flexibility index (Phi) is 2.71. The molecular weight excluding hydrogens is 226 g/mol. The highest BCUT2D eigenvalue weighted by Crippen LogP contribution is 2.46. The van der Waals surface area contributed by atoms with E-state index in [9.17, 15) is 5.11 Å². The maximum Gasteiger partial charge on any atom is 0.231 e. The lowest BCUT2D eigenvalue weighted by Gasteiger charge is -2.39. The number of oxazole rings is 1. The van der Waals surface area contributed by atoms with Crippen LogP contribution in [-0.2, 0) is 5.60 Å². The summed E-state index contributed by atoms with van der Waals surface area (Å²) in [6, 6.07) is 9.71. The number of aryl methyl sites for hydroxylation is 1. The number of hydrogen-bond acceptors (Lipinski definition) is 3. The molecule has 2 aromatic rings. The molecular formula is C15H17NO2. The molecule has 1 unspecified atom stereocenters. The van der Waals surface area contributed by atoms with Crippen molar-refractivity contribution < 1.29 is 9.52 Å². The first-order valence-electron chi connectivity index (χ1n) is 6.42. The van der Waals surface area contributed by atoms with Crippen molar-refractivity contribution in [2.75, 3.05) is 0 Å². The van der Waals surface area contributed by atoms with E-state index in [0.717, 1.165) is 24.2 Å². The molecule has 1 aliphatic carbocycles. The second-order valence-electron chi connectivity index (χ2n) is 5.04. The fourth-order valence-electron chi connectivity index (χ4n) is 2.58. The van der Waals surface area contributed by atoms with Crippen LogP contribution in [-0.4, -0.2) is 10.1 Å². The molecule has 1 aliphatic rings. The molecule has 1 aromatic heterocycles. The van der Waals surface area contributed by atoms with Gasteiger partial charge >= 0.3 is 0 Å². The molecule has 0 saturated heterocycles. The first-order valence-corrected chi connectivity index (χ1v) is 6.42. The fraction of sp³-hybridized carbons (Fsp3) is 0.400. The van der Waals surface area contributed by atoms with E-state index in [1.807, 2.05) is 37.3 Å². The Hall–Kier alpha value is -1.61. The van der Waals surface area contributed by atoms with Gasteiger partial charge < -0.3 is 9.52 Å².